The molecule has 1 aromatic carbocycles. The highest BCUT2D eigenvalue weighted by atomic mass is 19.1. The maximum Gasteiger partial charge on any atom is 0.124 e. The highest BCUT2D eigenvalue weighted by Crippen LogP contribution is 2.24. The Balaban J connectivity index is 2.14. The molecule has 0 aliphatic carbocycles. The molecule has 3 heteroatoms. The molecule has 1 saturated heterocycles. The minimum absolute atomic E-state index is 0.202. The molecule has 1 aromatic rings. The number of nitrogens with zero attached hydrogens (tertiary/aromatic N) is 1. The van der Waals surface area contributed by atoms with Gasteiger partial charge in [0.1, 0.15) is 12.4 Å². The van der Waals surface area contributed by atoms with Gasteiger partial charge in [0.2, 0.25) is 0 Å². The first-order valence-electron chi connectivity index (χ1n) is 6.71. The van der Waals surface area contributed by atoms with Crippen molar-refractivity contribution >= 4 is 0 Å². The number of hydrogen-bond donors (Lipinski definition) is 1. The molecular weight excluding hydrogens is 241 g/mol. The van der Waals surface area contributed by atoms with Crippen LogP contribution >= 0.6 is 0 Å². The van der Waals surface area contributed by atoms with Gasteiger partial charge in [0.15, 0.2) is 0 Å². The second-order valence-corrected chi connectivity index (χ2v) is 5.43. The monoisotopic (exact) mass is 261 g/mol. The molecule has 0 amide bonds. The zero-order valence-electron chi connectivity index (χ0n) is 11.5. The van der Waals surface area contributed by atoms with Crippen molar-refractivity contribution in [1.82, 2.24) is 4.90 Å². The van der Waals surface area contributed by atoms with E-state index in [4.69, 9.17) is 5.11 Å². The molecule has 2 nitrogen and oxygen atoms in total. The Labute approximate surface area is 114 Å². The lowest BCUT2D eigenvalue weighted by Crippen LogP contribution is -2.26. The highest BCUT2D eigenvalue weighted by Gasteiger charge is 2.25. The number of likely N-dealkylation sites (tertiary alicyclic amines) is 1. The molecule has 0 saturated carbocycles. The van der Waals surface area contributed by atoms with E-state index < -0.39 is 0 Å². The van der Waals surface area contributed by atoms with Crippen LogP contribution in [0.25, 0.3) is 0 Å². The van der Waals surface area contributed by atoms with E-state index in [0.29, 0.717) is 17.5 Å². The van der Waals surface area contributed by atoms with E-state index in [1.165, 1.54) is 12.5 Å². The van der Waals surface area contributed by atoms with Gasteiger partial charge in [0, 0.05) is 24.7 Å². The van der Waals surface area contributed by atoms with E-state index >= 15 is 0 Å². The summed E-state index contributed by atoms with van der Waals surface area (Å²) < 4.78 is 13.6. The number of hydrogen-bond acceptors (Lipinski definition) is 2. The van der Waals surface area contributed by atoms with Crippen molar-refractivity contribution in [2.24, 2.45) is 5.92 Å². The van der Waals surface area contributed by atoms with Crippen LogP contribution in [0.2, 0.25) is 0 Å². The first kappa shape index (κ1) is 14.0. The van der Waals surface area contributed by atoms with Crippen molar-refractivity contribution in [3.63, 3.8) is 0 Å². The first-order chi connectivity index (χ1) is 9.08. The molecule has 19 heavy (non-hydrogen) atoms. The molecule has 2 rings (SSSR count). The predicted molar refractivity (Wildman–Crippen MR) is 74.0 cm³/mol. The SMILES string of the molecule is CC1CC(C)N(Cc2cc(F)cc(C#CCO)c2)C1. The van der Waals surface area contributed by atoms with Crippen LogP contribution in [0.4, 0.5) is 4.39 Å². The molecule has 1 fully saturated rings. The molecule has 0 aromatic heterocycles. The molecule has 1 N–H and O–H groups in total. The summed E-state index contributed by atoms with van der Waals surface area (Å²) in [7, 11) is 0. The van der Waals surface area contributed by atoms with Gasteiger partial charge in [-0.2, -0.15) is 0 Å². The van der Waals surface area contributed by atoms with Crippen LogP contribution < -0.4 is 0 Å². The lowest BCUT2D eigenvalue weighted by Gasteiger charge is -2.21. The standard InChI is InChI=1S/C16H20FNO/c1-12-6-13(2)18(10-12)11-15-7-14(4-3-5-19)8-16(17)9-15/h7-9,12-13,19H,5-6,10-11H2,1-2H3. The lowest BCUT2D eigenvalue weighted by atomic mass is 10.1. The maximum absolute atomic E-state index is 13.6. The zero-order chi connectivity index (χ0) is 13.8. The molecule has 0 spiro atoms. The summed E-state index contributed by atoms with van der Waals surface area (Å²) in [4.78, 5) is 2.38. The Morgan fingerprint density at radius 3 is 2.79 bits per heavy atom. The average molecular weight is 261 g/mol. The molecular formula is C16H20FNO. The van der Waals surface area contributed by atoms with Crippen LogP contribution in [0.5, 0.6) is 0 Å². The van der Waals surface area contributed by atoms with Gasteiger partial charge in [0.05, 0.1) is 0 Å². The van der Waals surface area contributed by atoms with Gasteiger partial charge in [0.25, 0.3) is 0 Å². The van der Waals surface area contributed by atoms with E-state index in [-0.39, 0.29) is 12.4 Å². The second kappa shape index (κ2) is 6.18. The number of aliphatic hydroxyl groups is 1. The van der Waals surface area contributed by atoms with Crippen molar-refractivity contribution in [2.45, 2.75) is 32.9 Å². The largest absolute Gasteiger partial charge is 0.384 e. The highest BCUT2D eigenvalue weighted by molar-refractivity contribution is 5.37. The Bertz CT molecular complexity index is 503. The third kappa shape index (κ3) is 3.79. The van der Waals surface area contributed by atoms with E-state index in [1.54, 1.807) is 6.07 Å². The van der Waals surface area contributed by atoms with Crippen LogP contribution in [0.15, 0.2) is 18.2 Å². The zero-order valence-corrected chi connectivity index (χ0v) is 11.5. The molecule has 2 atom stereocenters. The summed E-state index contributed by atoms with van der Waals surface area (Å²) >= 11 is 0. The van der Waals surface area contributed by atoms with Gasteiger partial charge in [-0.05, 0) is 43.0 Å². The lowest BCUT2D eigenvalue weighted by molar-refractivity contribution is 0.256. The van der Waals surface area contributed by atoms with Crippen molar-refractivity contribution in [1.29, 1.82) is 0 Å². The normalized spacial score (nSPS) is 23.2. The maximum atomic E-state index is 13.6. The summed E-state index contributed by atoms with van der Waals surface area (Å²) in [5.74, 6) is 5.76. The van der Waals surface area contributed by atoms with E-state index in [9.17, 15) is 4.39 Å². The summed E-state index contributed by atoms with van der Waals surface area (Å²) in [6, 6.07) is 5.42. The second-order valence-electron chi connectivity index (χ2n) is 5.43. The average Bonchev–Trinajstić information content (AvgIpc) is 2.64. The van der Waals surface area contributed by atoms with Crippen LogP contribution in [-0.2, 0) is 6.54 Å². The summed E-state index contributed by atoms with van der Waals surface area (Å²) in [6.45, 7) is 6.09. The molecule has 102 valence electrons. The minimum Gasteiger partial charge on any atom is -0.384 e. The van der Waals surface area contributed by atoms with Gasteiger partial charge in [-0.25, -0.2) is 4.39 Å². The van der Waals surface area contributed by atoms with Gasteiger partial charge in [-0.1, -0.05) is 18.8 Å². The number of aliphatic hydroxyl groups excluding tert-OH is 1. The molecule has 1 aliphatic heterocycles. The Kier molecular flexibility index (Phi) is 4.57. The quantitative estimate of drug-likeness (QED) is 0.826. The van der Waals surface area contributed by atoms with Crippen LogP contribution in [0.3, 0.4) is 0 Å². The molecule has 1 aliphatic rings. The Morgan fingerprint density at radius 1 is 1.37 bits per heavy atom. The van der Waals surface area contributed by atoms with Gasteiger partial charge in [-0.3, -0.25) is 4.90 Å². The Hall–Kier alpha value is -1.37. The summed E-state index contributed by atoms with van der Waals surface area (Å²) in [5, 5.41) is 8.68. The van der Waals surface area contributed by atoms with Gasteiger partial charge >= 0.3 is 0 Å². The van der Waals surface area contributed by atoms with E-state index in [2.05, 4.69) is 30.6 Å². The molecule has 2 unspecified atom stereocenters. The van der Waals surface area contributed by atoms with Crippen LogP contribution in [0, 0.1) is 23.6 Å². The topological polar surface area (TPSA) is 23.5 Å². The fourth-order valence-corrected chi connectivity index (χ4v) is 2.80. The molecule has 0 radical (unpaired) electrons. The van der Waals surface area contributed by atoms with Crippen LogP contribution in [-0.4, -0.2) is 29.2 Å². The van der Waals surface area contributed by atoms with Gasteiger partial charge < -0.3 is 5.11 Å². The van der Waals surface area contributed by atoms with E-state index in [0.717, 1.165) is 18.7 Å². The minimum atomic E-state index is -0.264. The number of benzene rings is 1. The first-order valence-corrected chi connectivity index (χ1v) is 6.71. The van der Waals surface area contributed by atoms with Crippen molar-refractivity contribution in [3.05, 3.63) is 35.1 Å². The van der Waals surface area contributed by atoms with E-state index in [1.807, 2.05) is 6.07 Å². The molecule has 0 bridgehead atoms. The molecule has 1 heterocycles. The van der Waals surface area contributed by atoms with Crippen molar-refractivity contribution in [2.75, 3.05) is 13.2 Å². The summed E-state index contributed by atoms with van der Waals surface area (Å²) in [6.07, 6.45) is 1.20. The van der Waals surface area contributed by atoms with Crippen molar-refractivity contribution < 1.29 is 9.50 Å². The predicted octanol–water partition coefficient (Wildman–Crippen LogP) is 2.40. The Morgan fingerprint density at radius 2 is 2.16 bits per heavy atom. The van der Waals surface area contributed by atoms with Gasteiger partial charge in [-0.15, -0.1) is 0 Å². The fourth-order valence-electron chi connectivity index (χ4n) is 2.80. The third-order valence-corrected chi connectivity index (χ3v) is 3.57. The van der Waals surface area contributed by atoms with Crippen LogP contribution in [0.1, 0.15) is 31.4 Å². The number of halogens is 1. The third-order valence-electron chi connectivity index (χ3n) is 3.57. The number of rotatable bonds is 2. The summed E-state index contributed by atoms with van der Waals surface area (Å²) in [5.41, 5.74) is 1.58. The fraction of sp³-hybridized carbons (Fsp3) is 0.500. The van der Waals surface area contributed by atoms with Crippen molar-refractivity contribution in [3.8, 4) is 11.8 Å². The smallest absolute Gasteiger partial charge is 0.124 e.